The van der Waals surface area contributed by atoms with Gasteiger partial charge in [0.25, 0.3) is 0 Å². The highest BCUT2D eigenvalue weighted by molar-refractivity contribution is 6.42. The largest absolute Gasteiger partial charge is 0.385 e. The number of methoxy groups -OCH3 is 1. The minimum atomic E-state index is 0.584. The molecule has 0 N–H and O–H groups in total. The highest BCUT2D eigenvalue weighted by Crippen LogP contribution is 2.23. The molecule has 22 heavy (non-hydrogen) atoms. The molecule has 0 amide bonds. The van der Waals surface area contributed by atoms with Gasteiger partial charge in [0, 0.05) is 39.5 Å². The SMILES string of the molecule is COCCCN(Cc1ccc(Cl)c(Cl)c1)Cc1ccccn1. The molecule has 0 unspecified atom stereocenters. The third-order valence-corrected chi connectivity index (χ3v) is 4.06. The molecule has 0 saturated carbocycles. The molecule has 0 saturated heterocycles. The first-order valence-corrected chi connectivity index (χ1v) is 8.00. The maximum atomic E-state index is 6.10. The van der Waals surface area contributed by atoms with Gasteiger partial charge in [-0.2, -0.15) is 0 Å². The van der Waals surface area contributed by atoms with Gasteiger partial charge in [-0.25, -0.2) is 0 Å². The second-order valence-electron chi connectivity index (χ2n) is 5.13. The summed E-state index contributed by atoms with van der Waals surface area (Å²) in [5.41, 5.74) is 2.20. The molecule has 5 heteroatoms. The number of ether oxygens (including phenoxy) is 1. The van der Waals surface area contributed by atoms with E-state index in [4.69, 9.17) is 27.9 Å². The Labute approximate surface area is 141 Å². The predicted octanol–water partition coefficient (Wildman–Crippen LogP) is 4.43. The quantitative estimate of drug-likeness (QED) is 0.666. The Bertz CT molecular complexity index is 578. The lowest BCUT2D eigenvalue weighted by Crippen LogP contribution is -2.25. The predicted molar refractivity (Wildman–Crippen MR) is 91.3 cm³/mol. The summed E-state index contributed by atoms with van der Waals surface area (Å²) < 4.78 is 5.15. The first-order chi connectivity index (χ1) is 10.7. The van der Waals surface area contributed by atoms with E-state index in [1.165, 1.54) is 0 Å². The molecule has 0 fully saturated rings. The van der Waals surface area contributed by atoms with Crippen molar-refractivity contribution in [1.82, 2.24) is 9.88 Å². The van der Waals surface area contributed by atoms with Gasteiger partial charge in [0.2, 0.25) is 0 Å². The third-order valence-electron chi connectivity index (χ3n) is 3.32. The fraction of sp³-hybridized carbons (Fsp3) is 0.353. The minimum absolute atomic E-state index is 0.584. The average Bonchev–Trinajstić information content (AvgIpc) is 2.52. The Balaban J connectivity index is 2.04. The van der Waals surface area contributed by atoms with Crippen LogP contribution in [0, 0.1) is 0 Å². The van der Waals surface area contributed by atoms with Gasteiger partial charge >= 0.3 is 0 Å². The van der Waals surface area contributed by atoms with Gasteiger partial charge in [-0.1, -0.05) is 35.3 Å². The van der Waals surface area contributed by atoms with Crippen LogP contribution in [0.4, 0.5) is 0 Å². The first-order valence-electron chi connectivity index (χ1n) is 7.24. The Kier molecular flexibility index (Phi) is 7.13. The van der Waals surface area contributed by atoms with E-state index in [0.717, 1.165) is 43.9 Å². The zero-order valence-electron chi connectivity index (χ0n) is 12.6. The van der Waals surface area contributed by atoms with E-state index in [-0.39, 0.29) is 0 Å². The van der Waals surface area contributed by atoms with Crippen LogP contribution in [0.1, 0.15) is 17.7 Å². The van der Waals surface area contributed by atoms with Crippen LogP contribution in [0.5, 0.6) is 0 Å². The van der Waals surface area contributed by atoms with Crippen molar-refractivity contribution in [1.29, 1.82) is 0 Å². The van der Waals surface area contributed by atoms with Gasteiger partial charge in [0.15, 0.2) is 0 Å². The van der Waals surface area contributed by atoms with E-state index in [0.29, 0.717) is 10.0 Å². The van der Waals surface area contributed by atoms with E-state index < -0.39 is 0 Å². The van der Waals surface area contributed by atoms with Gasteiger partial charge in [0.05, 0.1) is 15.7 Å². The number of hydrogen-bond acceptors (Lipinski definition) is 3. The van der Waals surface area contributed by atoms with Crippen molar-refractivity contribution in [2.45, 2.75) is 19.5 Å². The summed E-state index contributed by atoms with van der Waals surface area (Å²) in [7, 11) is 1.72. The van der Waals surface area contributed by atoms with Gasteiger partial charge in [-0.05, 0) is 36.2 Å². The second-order valence-corrected chi connectivity index (χ2v) is 5.94. The number of nitrogens with zero attached hydrogens (tertiary/aromatic N) is 2. The number of halogens is 2. The summed E-state index contributed by atoms with van der Waals surface area (Å²) in [6.07, 6.45) is 2.80. The Morgan fingerprint density at radius 2 is 1.95 bits per heavy atom. The molecule has 2 aromatic rings. The summed E-state index contributed by atoms with van der Waals surface area (Å²) in [5.74, 6) is 0. The van der Waals surface area contributed by atoms with Crippen LogP contribution in [0.15, 0.2) is 42.6 Å². The van der Waals surface area contributed by atoms with E-state index in [9.17, 15) is 0 Å². The summed E-state index contributed by atoms with van der Waals surface area (Å²) in [6, 6.07) is 11.7. The van der Waals surface area contributed by atoms with E-state index in [2.05, 4.69) is 9.88 Å². The highest BCUT2D eigenvalue weighted by atomic mass is 35.5. The van der Waals surface area contributed by atoms with Crippen molar-refractivity contribution in [3.8, 4) is 0 Å². The zero-order valence-corrected chi connectivity index (χ0v) is 14.1. The lowest BCUT2D eigenvalue weighted by Gasteiger charge is -2.22. The monoisotopic (exact) mass is 338 g/mol. The highest BCUT2D eigenvalue weighted by Gasteiger charge is 2.09. The van der Waals surface area contributed by atoms with Crippen molar-refractivity contribution in [2.75, 3.05) is 20.3 Å². The summed E-state index contributed by atoms with van der Waals surface area (Å²) in [4.78, 5) is 6.73. The normalized spacial score (nSPS) is 11.1. The topological polar surface area (TPSA) is 25.4 Å². The molecule has 1 heterocycles. The van der Waals surface area contributed by atoms with Gasteiger partial charge in [-0.15, -0.1) is 0 Å². The van der Waals surface area contributed by atoms with Crippen molar-refractivity contribution in [3.05, 3.63) is 63.9 Å². The van der Waals surface area contributed by atoms with Gasteiger partial charge in [0.1, 0.15) is 0 Å². The Hall–Kier alpha value is -1.13. The number of hydrogen-bond donors (Lipinski definition) is 0. The molecule has 3 nitrogen and oxygen atoms in total. The molecule has 1 aromatic carbocycles. The molecule has 1 aromatic heterocycles. The molecule has 0 radical (unpaired) electrons. The van der Waals surface area contributed by atoms with Crippen molar-refractivity contribution >= 4 is 23.2 Å². The van der Waals surface area contributed by atoms with Crippen LogP contribution < -0.4 is 0 Å². The zero-order chi connectivity index (χ0) is 15.8. The molecule has 118 valence electrons. The van der Waals surface area contributed by atoms with Crippen LogP contribution in [0.2, 0.25) is 10.0 Å². The Morgan fingerprint density at radius 3 is 2.64 bits per heavy atom. The molecule has 0 spiro atoms. The molecule has 0 atom stereocenters. The van der Waals surface area contributed by atoms with E-state index in [1.807, 2.05) is 42.6 Å². The van der Waals surface area contributed by atoms with Crippen molar-refractivity contribution in [2.24, 2.45) is 0 Å². The summed E-state index contributed by atoms with van der Waals surface area (Å²) >= 11 is 12.1. The number of benzene rings is 1. The first kappa shape index (κ1) is 17.2. The van der Waals surface area contributed by atoms with Crippen LogP contribution >= 0.6 is 23.2 Å². The van der Waals surface area contributed by atoms with Crippen LogP contribution in [-0.2, 0) is 17.8 Å². The minimum Gasteiger partial charge on any atom is -0.385 e. The number of pyridine rings is 1. The van der Waals surface area contributed by atoms with Gasteiger partial charge in [-0.3, -0.25) is 9.88 Å². The van der Waals surface area contributed by atoms with Gasteiger partial charge < -0.3 is 4.74 Å². The van der Waals surface area contributed by atoms with E-state index >= 15 is 0 Å². The fourth-order valence-electron chi connectivity index (χ4n) is 2.26. The second kappa shape index (κ2) is 9.11. The Morgan fingerprint density at radius 1 is 1.09 bits per heavy atom. The lowest BCUT2D eigenvalue weighted by molar-refractivity contribution is 0.166. The average molecular weight is 339 g/mol. The smallest absolute Gasteiger partial charge is 0.0595 e. The molecule has 0 aliphatic heterocycles. The van der Waals surface area contributed by atoms with E-state index in [1.54, 1.807) is 7.11 Å². The molecule has 2 rings (SSSR count). The third kappa shape index (κ3) is 5.58. The molecule has 0 aliphatic rings. The summed E-state index contributed by atoms with van der Waals surface area (Å²) in [5, 5.41) is 1.18. The molecule has 0 bridgehead atoms. The van der Waals surface area contributed by atoms with Crippen LogP contribution in [0.25, 0.3) is 0 Å². The van der Waals surface area contributed by atoms with Crippen molar-refractivity contribution < 1.29 is 4.74 Å². The lowest BCUT2D eigenvalue weighted by atomic mass is 10.2. The molecule has 0 aliphatic carbocycles. The van der Waals surface area contributed by atoms with Crippen LogP contribution in [-0.4, -0.2) is 30.1 Å². The molecular formula is C17H20Cl2N2O. The maximum absolute atomic E-state index is 6.10. The number of aromatic nitrogens is 1. The molecular weight excluding hydrogens is 319 g/mol. The number of rotatable bonds is 8. The summed E-state index contributed by atoms with van der Waals surface area (Å²) in [6.45, 7) is 3.28. The standard InChI is InChI=1S/C17H20Cl2N2O/c1-22-10-4-9-21(13-15-5-2-3-8-20-15)12-14-6-7-16(18)17(19)11-14/h2-3,5-8,11H,4,9-10,12-13H2,1H3. The van der Waals surface area contributed by atoms with Crippen LogP contribution in [0.3, 0.4) is 0 Å². The fourth-order valence-corrected chi connectivity index (χ4v) is 2.58. The van der Waals surface area contributed by atoms with Crippen molar-refractivity contribution in [3.63, 3.8) is 0 Å². The maximum Gasteiger partial charge on any atom is 0.0595 e.